The summed E-state index contributed by atoms with van der Waals surface area (Å²) in [6.45, 7) is 2.39. The topological polar surface area (TPSA) is 132 Å². The first-order valence-corrected chi connectivity index (χ1v) is 5.29. The van der Waals surface area contributed by atoms with Gasteiger partial charge in [0.05, 0.1) is 6.61 Å². The SMILES string of the molecule is CCCOc1cc(C(=O)NN)nc(C(=O)NN)c1. The molecule has 6 N–H and O–H groups in total. The Morgan fingerprint density at radius 2 is 1.72 bits per heavy atom. The van der Waals surface area contributed by atoms with Crippen molar-refractivity contribution in [2.45, 2.75) is 13.3 Å². The number of nitrogen functional groups attached to an aromatic ring is 2. The molecule has 0 aliphatic heterocycles. The number of carbonyl (C=O) groups is 2. The van der Waals surface area contributed by atoms with Crippen molar-refractivity contribution in [2.24, 2.45) is 11.7 Å². The van der Waals surface area contributed by atoms with Crippen LogP contribution in [0.5, 0.6) is 5.75 Å². The molecule has 0 spiro atoms. The van der Waals surface area contributed by atoms with E-state index in [4.69, 9.17) is 16.4 Å². The zero-order valence-corrected chi connectivity index (χ0v) is 9.90. The summed E-state index contributed by atoms with van der Waals surface area (Å²) < 4.78 is 5.34. The molecule has 0 aromatic carbocycles. The molecule has 1 aromatic heterocycles. The minimum Gasteiger partial charge on any atom is -0.493 e. The van der Waals surface area contributed by atoms with Crippen molar-refractivity contribution in [2.75, 3.05) is 6.61 Å². The Balaban J connectivity index is 3.11. The zero-order valence-electron chi connectivity index (χ0n) is 9.90. The molecule has 0 aliphatic carbocycles. The normalized spacial score (nSPS) is 9.72. The van der Waals surface area contributed by atoms with Gasteiger partial charge in [0, 0.05) is 12.1 Å². The Morgan fingerprint density at radius 1 is 1.22 bits per heavy atom. The Kier molecular flexibility index (Phi) is 5.03. The summed E-state index contributed by atoms with van der Waals surface area (Å²) in [6, 6.07) is 2.79. The second-order valence-corrected chi connectivity index (χ2v) is 3.37. The molecule has 98 valence electrons. The Bertz CT molecular complexity index is 415. The molecule has 0 saturated carbocycles. The maximum absolute atomic E-state index is 11.4. The number of pyridine rings is 1. The summed E-state index contributed by atoms with van der Waals surface area (Å²) in [7, 11) is 0. The third kappa shape index (κ3) is 3.40. The second-order valence-electron chi connectivity index (χ2n) is 3.37. The predicted octanol–water partition coefficient (Wildman–Crippen LogP) is -0.923. The van der Waals surface area contributed by atoms with Crippen molar-refractivity contribution in [1.29, 1.82) is 0 Å². The van der Waals surface area contributed by atoms with Crippen LogP contribution < -0.4 is 27.3 Å². The van der Waals surface area contributed by atoms with E-state index in [0.717, 1.165) is 6.42 Å². The summed E-state index contributed by atoms with van der Waals surface area (Å²) in [5.74, 6) is 9.12. The third-order valence-corrected chi connectivity index (χ3v) is 2.00. The van der Waals surface area contributed by atoms with Crippen molar-refractivity contribution in [3.05, 3.63) is 23.5 Å². The van der Waals surface area contributed by atoms with Gasteiger partial charge in [-0.05, 0) is 6.42 Å². The highest BCUT2D eigenvalue weighted by Crippen LogP contribution is 2.14. The first kappa shape index (κ1) is 13.9. The number of hydrogen-bond donors (Lipinski definition) is 4. The molecule has 0 aliphatic rings. The molecule has 0 radical (unpaired) electrons. The highest BCUT2D eigenvalue weighted by molar-refractivity contribution is 5.96. The van der Waals surface area contributed by atoms with Gasteiger partial charge in [0.15, 0.2) is 0 Å². The van der Waals surface area contributed by atoms with Gasteiger partial charge in [0.2, 0.25) is 0 Å². The maximum Gasteiger partial charge on any atom is 0.283 e. The predicted molar refractivity (Wildman–Crippen MR) is 63.3 cm³/mol. The molecule has 1 heterocycles. The summed E-state index contributed by atoms with van der Waals surface area (Å²) in [6.07, 6.45) is 0.791. The molecule has 2 amide bonds. The quantitative estimate of drug-likeness (QED) is 0.304. The van der Waals surface area contributed by atoms with E-state index in [9.17, 15) is 9.59 Å². The van der Waals surface area contributed by atoms with Crippen LogP contribution in [0.25, 0.3) is 0 Å². The van der Waals surface area contributed by atoms with E-state index in [2.05, 4.69) is 4.98 Å². The van der Waals surface area contributed by atoms with Crippen LogP contribution >= 0.6 is 0 Å². The van der Waals surface area contributed by atoms with Crippen molar-refractivity contribution in [3.8, 4) is 5.75 Å². The van der Waals surface area contributed by atoms with Crippen molar-refractivity contribution in [3.63, 3.8) is 0 Å². The molecular weight excluding hydrogens is 238 g/mol. The van der Waals surface area contributed by atoms with Crippen LogP contribution in [0.15, 0.2) is 12.1 Å². The lowest BCUT2D eigenvalue weighted by Crippen LogP contribution is -2.33. The van der Waals surface area contributed by atoms with Gasteiger partial charge in [0.1, 0.15) is 17.1 Å². The fourth-order valence-corrected chi connectivity index (χ4v) is 1.19. The number of rotatable bonds is 5. The Hall–Kier alpha value is -2.19. The summed E-state index contributed by atoms with van der Waals surface area (Å²) >= 11 is 0. The first-order chi connectivity index (χ1) is 8.62. The molecule has 0 fully saturated rings. The van der Waals surface area contributed by atoms with Gasteiger partial charge in [-0.1, -0.05) is 6.92 Å². The number of ether oxygens (including phenoxy) is 1. The summed E-state index contributed by atoms with van der Waals surface area (Å²) in [4.78, 5) is 26.6. The number of carbonyl (C=O) groups excluding carboxylic acids is 2. The largest absolute Gasteiger partial charge is 0.493 e. The maximum atomic E-state index is 11.4. The molecule has 1 rings (SSSR count). The molecule has 0 atom stereocenters. The fourth-order valence-electron chi connectivity index (χ4n) is 1.19. The number of hydrazine groups is 2. The molecule has 0 saturated heterocycles. The second kappa shape index (κ2) is 6.52. The van der Waals surface area contributed by atoms with Gasteiger partial charge in [-0.25, -0.2) is 16.7 Å². The standard InChI is InChI=1S/C10H15N5O3/c1-2-3-18-6-4-7(9(16)14-11)13-8(5-6)10(17)15-12/h4-5H,2-3,11-12H2,1H3,(H,14,16)(H,15,17). The highest BCUT2D eigenvalue weighted by Gasteiger charge is 2.14. The lowest BCUT2D eigenvalue weighted by Gasteiger charge is -2.08. The van der Waals surface area contributed by atoms with E-state index in [-0.39, 0.29) is 11.4 Å². The molecule has 1 aromatic rings. The summed E-state index contributed by atoms with van der Waals surface area (Å²) in [5, 5.41) is 0. The van der Waals surface area contributed by atoms with Crippen LogP contribution in [-0.4, -0.2) is 23.4 Å². The van der Waals surface area contributed by atoms with Crippen LogP contribution in [0.3, 0.4) is 0 Å². The molecule has 0 bridgehead atoms. The molecule has 18 heavy (non-hydrogen) atoms. The summed E-state index contributed by atoms with van der Waals surface area (Å²) in [5.41, 5.74) is 3.81. The Labute approximate surface area is 104 Å². The average molecular weight is 253 g/mol. The molecule has 8 nitrogen and oxygen atoms in total. The van der Waals surface area contributed by atoms with E-state index < -0.39 is 11.8 Å². The number of amides is 2. The van der Waals surface area contributed by atoms with Gasteiger partial charge < -0.3 is 4.74 Å². The van der Waals surface area contributed by atoms with Crippen LogP contribution in [0, 0.1) is 0 Å². The van der Waals surface area contributed by atoms with Crippen LogP contribution in [0.4, 0.5) is 0 Å². The zero-order chi connectivity index (χ0) is 13.5. The van der Waals surface area contributed by atoms with Crippen molar-refractivity contribution < 1.29 is 14.3 Å². The average Bonchev–Trinajstić information content (AvgIpc) is 2.42. The number of nitrogens with zero attached hydrogens (tertiary/aromatic N) is 1. The fraction of sp³-hybridized carbons (Fsp3) is 0.300. The van der Waals surface area contributed by atoms with Gasteiger partial charge in [-0.15, -0.1) is 0 Å². The van der Waals surface area contributed by atoms with Crippen molar-refractivity contribution >= 4 is 11.8 Å². The highest BCUT2D eigenvalue weighted by atomic mass is 16.5. The van der Waals surface area contributed by atoms with Crippen molar-refractivity contribution in [1.82, 2.24) is 15.8 Å². The van der Waals surface area contributed by atoms with E-state index in [1.54, 1.807) is 0 Å². The van der Waals surface area contributed by atoms with E-state index in [0.29, 0.717) is 12.4 Å². The van der Waals surface area contributed by atoms with Crippen LogP contribution in [0.2, 0.25) is 0 Å². The smallest absolute Gasteiger partial charge is 0.283 e. The van der Waals surface area contributed by atoms with Crippen LogP contribution in [0.1, 0.15) is 34.3 Å². The molecule has 8 heteroatoms. The van der Waals surface area contributed by atoms with E-state index >= 15 is 0 Å². The minimum atomic E-state index is -0.622. The third-order valence-electron chi connectivity index (χ3n) is 2.00. The monoisotopic (exact) mass is 253 g/mol. The van der Waals surface area contributed by atoms with Gasteiger partial charge >= 0.3 is 0 Å². The molecule has 0 unspecified atom stereocenters. The van der Waals surface area contributed by atoms with Gasteiger partial charge in [-0.3, -0.25) is 20.4 Å². The minimum absolute atomic E-state index is 0.0234. The lowest BCUT2D eigenvalue weighted by atomic mass is 10.2. The number of hydrogen-bond acceptors (Lipinski definition) is 6. The van der Waals surface area contributed by atoms with Crippen LogP contribution in [-0.2, 0) is 0 Å². The van der Waals surface area contributed by atoms with E-state index in [1.165, 1.54) is 12.1 Å². The number of nitrogens with one attached hydrogen (secondary N) is 2. The van der Waals surface area contributed by atoms with E-state index in [1.807, 2.05) is 17.8 Å². The first-order valence-electron chi connectivity index (χ1n) is 5.29. The Morgan fingerprint density at radius 3 is 2.11 bits per heavy atom. The number of aromatic nitrogens is 1. The lowest BCUT2D eigenvalue weighted by molar-refractivity contribution is 0.0943. The van der Waals surface area contributed by atoms with Gasteiger partial charge in [0.25, 0.3) is 11.8 Å². The molecular formula is C10H15N5O3. The van der Waals surface area contributed by atoms with Gasteiger partial charge in [-0.2, -0.15) is 0 Å². The number of nitrogens with two attached hydrogens (primary N) is 2.